The Bertz CT molecular complexity index is 1920. The molecule has 0 aliphatic heterocycles. The van der Waals surface area contributed by atoms with Gasteiger partial charge >= 0.3 is 0 Å². The SMILES string of the molecule is N#Cc1ccc2sc3c(-c4cccc5c4oc4c(-c6cccnc6)cccc45)cccc3c2c1. The van der Waals surface area contributed by atoms with Crippen LogP contribution in [0.5, 0.6) is 0 Å². The average molecular weight is 453 g/mol. The fourth-order valence-electron chi connectivity index (χ4n) is 4.86. The second-order valence-electron chi connectivity index (χ2n) is 8.32. The molecule has 0 N–H and O–H groups in total. The molecule has 0 bridgehead atoms. The van der Waals surface area contributed by atoms with Crippen molar-refractivity contribution in [3.63, 3.8) is 0 Å². The van der Waals surface area contributed by atoms with Gasteiger partial charge in [0, 0.05) is 65.6 Å². The Morgan fingerprint density at radius 3 is 2.21 bits per heavy atom. The van der Waals surface area contributed by atoms with Crippen molar-refractivity contribution in [3.8, 4) is 28.3 Å². The van der Waals surface area contributed by atoms with Gasteiger partial charge in [0.15, 0.2) is 0 Å². The molecule has 0 fully saturated rings. The summed E-state index contributed by atoms with van der Waals surface area (Å²) in [5, 5.41) is 13.9. The molecule has 0 aliphatic rings. The number of benzene rings is 4. The molecule has 158 valence electrons. The number of nitriles is 1. The molecule has 7 aromatic rings. The van der Waals surface area contributed by atoms with Crippen molar-refractivity contribution in [1.29, 1.82) is 5.26 Å². The first-order chi connectivity index (χ1) is 16.8. The summed E-state index contributed by atoms with van der Waals surface area (Å²) in [6, 6.07) is 31.2. The average Bonchev–Trinajstić information content (AvgIpc) is 3.47. The number of thiophene rings is 1. The fourth-order valence-corrected chi connectivity index (χ4v) is 6.07. The lowest BCUT2D eigenvalue weighted by molar-refractivity contribution is 0.671. The number of hydrogen-bond donors (Lipinski definition) is 0. The number of hydrogen-bond acceptors (Lipinski definition) is 4. The highest BCUT2D eigenvalue weighted by Crippen LogP contribution is 2.44. The van der Waals surface area contributed by atoms with Crippen LogP contribution < -0.4 is 0 Å². The van der Waals surface area contributed by atoms with Crippen LogP contribution >= 0.6 is 11.3 Å². The van der Waals surface area contributed by atoms with Crippen LogP contribution in [0.15, 0.2) is 102 Å². The van der Waals surface area contributed by atoms with E-state index in [1.807, 2.05) is 30.5 Å². The third-order valence-corrected chi connectivity index (χ3v) is 7.63. The van der Waals surface area contributed by atoms with Crippen LogP contribution in [0.2, 0.25) is 0 Å². The zero-order valence-electron chi connectivity index (χ0n) is 17.9. The third kappa shape index (κ3) is 2.71. The first kappa shape index (κ1) is 19.0. The molecule has 0 amide bonds. The van der Waals surface area contributed by atoms with Crippen molar-refractivity contribution < 1.29 is 4.42 Å². The summed E-state index contributed by atoms with van der Waals surface area (Å²) in [7, 11) is 0. The molecule has 0 saturated carbocycles. The van der Waals surface area contributed by atoms with Gasteiger partial charge in [0.2, 0.25) is 0 Å². The van der Waals surface area contributed by atoms with Gasteiger partial charge < -0.3 is 4.42 Å². The van der Waals surface area contributed by atoms with Gasteiger partial charge in [0.25, 0.3) is 0 Å². The molecule has 0 spiro atoms. The Hall–Kier alpha value is -4.46. The minimum atomic E-state index is 0.680. The highest BCUT2D eigenvalue weighted by Gasteiger charge is 2.18. The molecule has 0 aliphatic carbocycles. The van der Waals surface area contributed by atoms with Crippen LogP contribution in [0.3, 0.4) is 0 Å². The highest BCUT2D eigenvalue weighted by atomic mass is 32.1. The van der Waals surface area contributed by atoms with E-state index < -0.39 is 0 Å². The monoisotopic (exact) mass is 452 g/mol. The van der Waals surface area contributed by atoms with Crippen LogP contribution in [-0.2, 0) is 0 Å². The largest absolute Gasteiger partial charge is 0.455 e. The van der Waals surface area contributed by atoms with Gasteiger partial charge in [0.05, 0.1) is 11.6 Å². The number of rotatable bonds is 2. The lowest BCUT2D eigenvalue weighted by Crippen LogP contribution is -1.79. The molecule has 3 heterocycles. The number of fused-ring (bicyclic) bond motifs is 6. The van der Waals surface area contributed by atoms with Crippen LogP contribution in [0, 0.1) is 11.3 Å². The third-order valence-electron chi connectivity index (χ3n) is 6.41. The highest BCUT2D eigenvalue weighted by molar-refractivity contribution is 7.26. The summed E-state index contributed by atoms with van der Waals surface area (Å²) < 4.78 is 9.00. The first-order valence-electron chi connectivity index (χ1n) is 11.0. The lowest BCUT2D eigenvalue weighted by Gasteiger charge is -2.04. The van der Waals surface area contributed by atoms with Crippen molar-refractivity contribution in [2.45, 2.75) is 0 Å². The molecule has 3 nitrogen and oxygen atoms in total. The Labute approximate surface area is 199 Å². The van der Waals surface area contributed by atoms with E-state index in [0.29, 0.717) is 5.56 Å². The maximum atomic E-state index is 9.37. The maximum Gasteiger partial charge on any atom is 0.143 e. The van der Waals surface area contributed by atoms with E-state index in [1.165, 1.54) is 14.8 Å². The van der Waals surface area contributed by atoms with Gasteiger partial charge in [-0.2, -0.15) is 5.26 Å². The summed E-state index contributed by atoms with van der Waals surface area (Å²) in [5.74, 6) is 0. The van der Waals surface area contributed by atoms with Gasteiger partial charge in [-0.05, 0) is 24.3 Å². The fraction of sp³-hybridized carbons (Fsp3) is 0. The Kier molecular flexibility index (Phi) is 4.08. The molecule has 0 atom stereocenters. The predicted molar refractivity (Wildman–Crippen MR) is 140 cm³/mol. The number of para-hydroxylation sites is 2. The van der Waals surface area contributed by atoms with E-state index in [2.05, 4.69) is 71.7 Å². The Morgan fingerprint density at radius 2 is 1.44 bits per heavy atom. The summed E-state index contributed by atoms with van der Waals surface area (Å²) in [5.41, 5.74) is 6.73. The molecule has 0 unspecified atom stereocenters. The molecule has 3 aromatic heterocycles. The van der Waals surface area contributed by atoms with E-state index >= 15 is 0 Å². The van der Waals surface area contributed by atoms with Gasteiger partial charge in [-0.15, -0.1) is 11.3 Å². The molecular formula is C30H16N2OS. The number of aromatic nitrogens is 1. The van der Waals surface area contributed by atoms with Crippen LogP contribution in [0.1, 0.15) is 5.56 Å². The summed E-state index contributed by atoms with van der Waals surface area (Å²) in [6.07, 6.45) is 3.65. The summed E-state index contributed by atoms with van der Waals surface area (Å²) in [4.78, 5) is 4.29. The van der Waals surface area contributed by atoms with Crippen molar-refractivity contribution in [1.82, 2.24) is 4.98 Å². The van der Waals surface area contributed by atoms with E-state index in [1.54, 1.807) is 17.5 Å². The Balaban J connectivity index is 1.54. The van der Waals surface area contributed by atoms with E-state index in [9.17, 15) is 5.26 Å². The molecule has 7 rings (SSSR count). The van der Waals surface area contributed by atoms with E-state index in [4.69, 9.17) is 4.42 Å². The van der Waals surface area contributed by atoms with E-state index in [-0.39, 0.29) is 0 Å². The first-order valence-corrected chi connectivity index (χ1v) is 11.8. The molecule has 4 heteroatoms. The van der Waals surface area contributed by atoms with Gasteiger partial charge in [-0.1, -0.05) is 60.7 Å². The van der Waals surface area contributed by atoms with Crippen molar-refractivity contribution in [2.24, 2.45) is 0 Å². The lowest BCUT2D eigenvalue weighted by atomic mass is 9.99. The number of pyridine rings is 1. The molecular weight excluding hydrogens is 436 g/mol. The maximum absolute atomic E-state index is 9.37. The second-order valence-corrected chi connectivity index (χ2v) is 9.37. The zero-order chi connectivity index (χ0) is 22.6. The van der Waals surface area contributed by atoms with Gasteiger partial charge in [-0.25, -0.2) is 0 Å². The molecule has 0 saturated heterocycles. The Morgan fingerprint density at radius 1 is 0.706 bits per heavy atom. The predicted octanol–water partition coefficient (Wildman–Crippen LogP) is 8.55. The van der Waals surface area contributed by atoms with E-state index in [0.717, 1.165) is 49.6 Å². The quantitative estimate of drug-likeness (QED) is 0.264. The van der Waals surface area contributed by atoms with Crippen LogP contribution in [0.25, 0.3) is 64.4 Å². The van der Waals surface area contributed by atoms with Crippen molar-refractivity contribution in [2.75, 3.05) is 0 Å². The molecule has 0 radical (unpaired) electrons. The topological polar surface area (TPSA) is 49.8 Å². The molecule has 34 heavy (non-hydrogen) atoms. The number of nitrogens with zero attached hydrogens (tertiary/aromatic N) is 2. The number of furan rings is 1. The minimum Gasteiger partial charge on any atom is -0.455 e. The van der Waals surface area contributed by atoms with Crippen LogP contribution in [0.4, 0.5) is 0 Å². The van der Waals surface area contributed by atoms with Crippen LogP contribution in [-0.4, -0.2) is 4.98 Å². The molecule has 4 aromatic carbocycles. The summed E-state index contributed by atoms with van der Waals surface area (Å²) in [6.45, 7) is 0. The van der Waals surface area contributed by atoms with Crippen molar-refractivity contribution in [3.05, 3.63) is 103 Å². The van der Waals surface area contributed by atoms with Crippen molar-refractivity contribution >= 4 is 53.4 Å². The normalized spacial score (nSPS) is 11.5. The standard InChI is InChI=1S/C30H16N2OS/c31-16-18-12-13-27-26(15-18)25-11-3-10-24(30(25)34-27)23-9-2-8-22-21-7-1-6-20(28(21)33-29(22)23)19-5-4-14-32-17-19/h1-15,17H. The summed E-state index contributed by atoms with van der Waals surface area (Å²) >= 11 is 1.76. The van der Waals surface area contributed by atoms with Gasteiger partial charge in [-0.3, -0.25) is 4.98 Å². The zero-order valence-corrected chi connectivity index (χ0v) is 18.8. The minimum absolute atomic E-state index is 0.680. The second kappa shape index (κ2) is 7.28. The van der Waals surface area contributed by atoms with Gasteiger partial charge in [0.1, 0.15) is 11.2 Å². The smallest absolute Gasteiger partial charge is 0.143 e.